The summed E-state index contributed by atoms with van der Waals surface area (Å²) in [7, 11) is 0. The summed E-state index contributed by atoms with van der Waals surface area (Å²) < 4.78 is 1.58. The van der Waals surface area contributed by atoms with Crippen molar-refractivity contribution in [2.75, 3.05) is 0 Å². The number of carboxylic acids is 1. The molecule has 0 bridgehead atoms. The van der Waals surface area contributed by atoms with E-state index in [0.717, 1.165) is 25.7 Å². The number of hydrogen-bond acceptors (Lipinski definition) is 5. The third-order valence-corrected chi connectivity index (χ3v) is 3.57. The van der Waals surface area contributed by atoms with Gasteiger partial charge < -0.3 is 15.9 Å². The van der Waals surface area contributed by atoms with E-state index in [-0.39, 0.29) is 6.42 Å². The van der Waals surface area contributed by atoms with Gasteiger partial charge in [0.25, 0.3) is 0 Å². The van der Waals surface area contributed by atoms with Gasteiger partial charge in [-0.25, -0.2) is 4.68 Å². The second-order valence-corrected chi connectivity index (χ2v) is 5.34. The van der Waals surface area contributed by atoms with Gasteiger partial charge in [-0.2, -0.15) is 0 Å². The highest BCUT2D eigenvalue weighted by Crippen LogP contribution is 2.29. The Labute approximate surface area is 111 Å². The Hall–Kier alpha value is -1.47. The topological polar surface area (TPSA) is 114 Å². The first-order valence-corrected chi connectivity index (χ1v) is 6.58. The number of aliphatic carboxylic acids is 1. The molecule has 0 radical (unpaired) electrons. The van der Waals surface area contributed by atoms with Crippen LogP contribution in [0.5, 0.6) is 0 Å². The molecule has 7 heteroatoms. The minimum absolute atomic E-state index is 0.147. The number of rotatable bonds is 5. The van der Waals surface area contributed by atoms with Crippen molar-refractivity contribution in [1.82, 2.24) is 15.0 Å². The van der Waals surface area contributed by atoms with Crippen LogP contribution in [0.2, 0.25) is 0 Å². The molecule has 7 nitrogen and oxygen atoms in total. The maximum absolute atomic E-state index is 10.7. The minimum Gasteiger partial charge on any atom is -0.480 e. The van der Waals surface area contributed by atoms with Gasteiger partial charge in [0.1, 0.15) is 6.04 Å². The van der Waals surface area contributed by atoms with Crippen LogP contribution in [0.25, 0.3) is 0 Å². The molecule has 1 saturated carbocycles. The van der Waals surface area contributed by atoms with E-state index in [4.69, 9.17) is 10.8 Å². The zero-order chi connectivity index (χ0) is 13.9. The lowest BCUT2D eigenvalue weighted by molar-refractivity contribution is -0.138. The first kappa shape index (κ1) is 14.0. The fourth-order valence-corrected chi connectivity index (χ4v) is 2.49. The molecule has 0 aliphatic heterocycles. The first-order chi connectivity index (χ1) is 8.98. The third kappa shape index (κ3) is 3.74. The molecule has 1 aliphatic carbocycles. The Bertz CT molecular complexity index is 440. The van der Waals surface area contributed by atoms with Gasteiger partial charge in [0.05, 0.1) is 17.8 Å². The zero-order valence-electron chi connectivity index (χ0n) is 10.8. The highest BCUT2D eigenvalue weighted by atomic mass is 16.4. The minimum atomic E-state index is -1.06. The van der Waals surface area contributed by atoms with Gasteiger partial charge in [-0.15, -0.1) is 5.10 Å². The third-order valence-electron chi connectivity index (χ3n) is 3.57. The maximum Gasteiger partial charge on any atom is 0.320 e. The molecular formula is C12H20N4O3. The Morgan fingerprint density at radius 2 is 2.16 bits per heavy atom. The van der Waals surface area contributed by atoms with Crippen molar-refractivity contribution >= 4 is 5.97 Å². The second-order valence-electron chi connectivity index (χ2n) is 5.34. The average Bonchev–Trinajstić information content (AvgIpc) is 2.76. The van der Waals surface area contributed by atoms with Crippen LogP contribution in [0.15, 0.2) is 6.20 Å². The number of aliphatic hydroxyl groups is 1. The summed E-state index contributed by atoms with van der Waals surface area (Å²) in [6, 6.07) is -0.970. The molecule has 1 heterocycles. The molecule has 0 spiro atoms. The molecule has 1 fully saturated rings. The lowest BCUT2D eigenvalue weighted by Crippen LogP contribution is -2.36. The number of carboxylic acid groups (broad SMARTS) is 1. The van der Waals surface area contributed by atoms with E-state index in [0.29, 0.717) is 12.2 Å². The van der Waals surface area contributed by atoms with Gasteiger partial charge in [-0.3, -0.25) is 4.79 Å². The molecule has 1 aliphatic rings. The van der Waals surface area contributed by atoms with E-state index in [2.05, 4.69) is 10.3 Å². The summed E-state index contributed by atoms with van der Waals surface area (Å²) >= 11 is 0. The smallest absolute Gasteiger partial charge is 0.320 e. The van der Waals surface area contributed by atoms with Crippen LogP contribution in [0.4, 0.5) is 0 Å². The molecule has 4 N–H and O–H groups in total. The van der Waals surface area contributed by atoms with Gasteiger partial charge in [-0.1, -0.05) is 24.5 Å². The normalized spacial score (nSPS) is 20.1. The lowest BCUT2D eigenvalue weighted by atomic mass is 9.85. The van der Waals surface area contributed by atoms with Crippen molar-refractivity contribution in [1.29, 1.82) is 0 Å². The predicted molar refractivity (Wildman–Crippen MR) is 67.4 cm³/mol. The molecule has 0 amide bonds. The number of carbonyl (C=O) groups is 1. The Kier molecular flexibility index (Phi) is 4.16. The standard InChI is InChI=1S/C12H20N4O3/c13-10(11(17)18)6-9-7-16(15-14-9)8-12(19)4-2-1-3-5-12/h7,10,19H,1-6,8,13H2,(H,17,18). The van der Waals surface area contributed by atoms with Crippen LogP contribution in [0.3, 0.4) is 0 Å². The van der Waals surface area contributed by atoms with Crippen molar-refractivity contribution in [2.45, 2.75) is 56.7 Å². The number of hydrogen-bond donors (Lipinski definition) is 3. The number of nitrogens with zero attached hydrogens (tertiary/aromatic N) is 3. The largest absolute Gasteiger partial charge is 0.480 e. The molecule has 106 valence electrons. The van der Waals surface area contributed by atoms with Crippen molar-refractivity contribution in [2.24, 2.45) is 5.73 Å². The van der Waals surface area contributed by atoms with E-state index >= 15 is 0 Å². The van der Waals surface area contributed by atoms with E-state index in [1.54, 1.807) is 10.9 Å². The summed E-state index contributed by atoms with van der Waals surface area (Å²) in [4.78, 5) is 10.7. The van der Waals surface area contributed by atoms with Crippen LogP contribution in [-0.4, -0.2) is 42.8 Å². The van der Waals surface area contributed by atoms with E-state index in [9.17, 15) is 9.90 Å². The summed E-state index contributed by atoms with van der Waals surface area (Å²) in [5.74, 6) is -1.06. The summed E-state index contributed by atoms with van der Waals surface area (Å²) in [5.41, 5.74) is 5.27. The maximum atomic E-state index is 10.7. The SMILES string of the molecule is NC(Cc1cn(CC2(O)CCCCC2)nn1)C(=O)O. The van der Waals surface area contributed by atoms with Crippen molar-refractivity contribution in [3.8, 4) is 0 Å². The summed E-state index contributed by atoms with van der Waals surface area (Å²) in [6.07, 6.45) is 6.58. The van der Waals surface area contributed by atoms with Gasteiger partial charge in [0.2, 0.25) is 0 Å². The van der Waals surface area contributed by atoms with E-state index in [1.165, 1.54) is 6.42 Å². The molecule has 2 rings (SSSR count). The van der Waals surface area contributed by atoms with Crippen molar-refractivity contribution in [3.63, 3.8) is 0 Å². The zero-order valence-corrected chi connectivity index (χ0v) is 10.8. The fourth-order valence-electron chi connectivity index (χ4n) is 2.49. The molecule has 0 aromatic carbocycles. The summed E-state index contributed by atoms with van der Waals surface area (Å²) in [6.45, 7) is 0.405. The predicted octanol–water partition coefficient (Wildman–Crippen LogP) is -0.0723. The monoisotopic (exact) mass is 268 g/mol. The van der Waals surface area contributed by atoms with Crippen LogP contribution in [-0.2, 0) is 17.8 Å². The highest BCUT2D eigenvalue weighted by Gasteiger charge is 2.30. The van der Waals surface area contributed by atoms with Gasteiger partial charge in [-0.05, 0) is 12.8 Å². The van der Waals surface area contributed by atoms with Crippen molar-refractivity contribution < 1.29 is 15.0 Å². The molecule has 1 unspecified atom stereocenters. The Morgan fingerprint density at radius 3 is 2.79 bits per heavy atom. The van der Waals surface area contributed by atoms with Crippen LogP contribution in [0, 0.1) is 0 Å². The number of aromatic nitrogens is 3. The van der Waals surface area contributed by atoms with Gasteiger partial charge in [0, 0.05) is 12.6 Å². The van der Waals surface area contributed by atoms with Gasteiger partial charge >= 0.3 is 5.97 Å². The van der Waals surface area contributed by atoms with Crippen LogP contribution < -0.4 is 5.73 Å². The summed E-state index contributed by atoms with van der Waals surface area (Å²) in [5, 5.41) is 26.9. The fraction of sp³-hybridized carbons (Fsp3) is 0.750. The van der Waals surface area contributed by atoms with Crippen LogP contribution >= 0.6 is 0 Å². The van der Waals surface area contributed by atoms with Crippen LogP contribution in [0.1, 0.15) is 37.8 Å². The van der Waals surface area contributed by atoms with E-state index < -0.39 is 17.6 Å². The van der Waals surface area contributed by atoms with Gasteiger partial charge in [0.15, 0.2) is 0 Å². The second kappa shape index (κ2) is 5.66. The lowest BCUT2D eigenvalue weighted by Gasteiger charge is -2.31. The molecule has 1 aromatic heterocycles. The molecule has 19 heavy (non-hydrogen) atoms. The quantitative estimate of drug-likeness (QED) is 0.688. The molecule has 1 atom stereocenters. The number of nitrogens with two attached hydrogens (primary N) is 1. The molecule has 0 saturated heterocycles. The average molecular weight is 268 g/mol. The van der Waals surface area contributed by atoms with Crippen molar-refractivity contribution in [3.05, 3.63) is 11.9 Å². The highest BCUT2D eigenvalue weighted by molar-refractivity contribution is 5.73. The Balaban J connectivity index is 1.95. The molecule has 1 aromatic rings. The first-order valence-electron chi connectivity index (χ1n) is 6.58. The van der Waals surface area contributed by atoms with E-state index in [1.807, 2.05) is 0 Å². The Morgan fingerprint density at radius 1 is 1.47 bits per heavy atom. The molecular weight excluding hydrogens is 248 g/mol.